The van der Waals surface area contributed by atoms with E-state index in [2.05, 4.69) is 103 Å². The molecule has 0 N–H and O–H groups in total. The molecule has 11 aromatic rings. The molecule has 0 aliphatic heterocycles. The van der Waals surface area contributed by atoms with Crippen molar-refractivity contribution in [2.75, 3.05) is 0 Å². The molecule has 5 heteroatoms. The van der Waals surface area contributed by atoms with Crippen LogP contribution in [0.1, 0.15) is 0 Å². The molecule has 0 radical (unpaired) electrons. The molecule has 0 spiro atoms. The Morgan fingerprint density at radius 2 is 0.885 bits per heavy atom. The van der Waals surface area contributed by atoms with Gasteiger partial charge in [-0.3, -0.25) is 0 Å². The summed E-state index contributed by atoms with van der Waals surface area (Å²) in [5.74, 6) is 1.80. The molecule has 3 heterocycles. The summed E-state index contributed by atoms with van der Waals surface area (Å²) in [5, 5.41) is 8.78. The van der Waals surface area contributed by atoms with Gasteiger partial charge in [-0.25, -0.2) is 15.0 Å². The number of para-hydroxylation sites is 2. The van der Waals surface area contributed by atoms with Gasteiger partial charge < -0.3 is 8.83 Å². The molecule has 11 rings (SSSR count). The lowest BCUT2D eigenvalue weighted by atomic mass is 9.94. The van der Waals surface area contributed by atoms with Crippen LogP contribution in [0, 0.1) is 0 Å². The molecule has 0 atom stereocenters. The molecule has 52 heavy (non-hydrogen) atoms. The minimum atomic E-state index is 0.591. The summed E-state index contributed by atoms with van der Waals surface area (Å²) in [6.07, 6.45) is 0. The zero-order valence-corrected chi connectivity index (χ0v) is 27.7. The first kappa shape index (κ1) is 28.7. The maximum Gasteiger partial charge on any atom is 0.164 e. The fourth-order valence-corrected chi connectivity index (χ4v) is 7.81. The third kappa shape index (κ3) is 4.33. The van der Waals surface area contributed by atoms with Crippen molar-refractivity contribution in [1.29, 1.82) is 0 Å². The predicted molar refractivity (Wildman–Crippen MR) is 211 cm³/mol. The first-order valence-electron chi connectivity index (χ1n) is 17.4. The summed E-state index contributed by atoms with van der Waals surface area (Å²) in [4.78, 5) is 15.4. The van der Waals surface area contributed by atoms with Crippen LogP contribution in [0.3, 0.4) is 0 Å². The summed E-state index contributed by atoms with van der Waals surface area (Å²) in [5.41, 5.74) is 8.25. The smallest absolute Gasteiger partial charge is 0.164 e. The Bertz CT molecular complexity index is 3190. The minimum Gasteiger partial charge on any atom is -0.456 e. The Kier molecular flexibility index (Phi) is 6.18. The molecule has 0 aliphatic rings. The third-order valence-corrected chi connectivity index (χ3v) is 10.2. The van der Waals surface area contributed by atoms with Crippen molar-refractivity contribution >= 4 is 65.4 Å². The quantitative estimate of drug-likeness (QED) is 0.187. The van der Waals surface area contributed by atoms with Crippen LogP contribution in [0.25, 0.3) is 111 Å². The predicted octanol–water partition coefficient (Wildman–Crippen LogP) is 12.6. The number of aromatic nitrogens is 3. The molecule has 0 amide bonds. The van der Waals surface area contributed by atoms with E-state index < -0.39 is 0 Å². The normalized spacial score (nSPS) is 11.8. The zero-order valence-electron chi connectivity index (χ0n) is 27.7. The van der Waals surface area contributed by atoms with E-state index in [9.17, 15) is 0 Å². The van der Waals surface area contributed by atoms with Crippen LogP contribution >= 0.6 is 0 Å². The van der Waals surface area contributed by atoms with Gasteiger partial charge in [0.1, 0.15) is 22.3 Å². The Balaban J connectivity index is 1.15. The van der Waals surface area contributed by atoms with Crippen molar-refractivity contribution in [1.82, 2.24) is 15.0 Å². The maximum atomic E-state index is 6.66. The average molecular weight is 666 g/mol. The lowest BCUT2D eigenvalue weighted by molar-refractivity contribution is 0.669. The van der Waals surface area contributed by atoms with Crippen LogP contribution in [0.2, 0.25) is 0 Å². The second-order valence-electron chi connectivity index (χ2n) is 13.1. The Morgan fingerprint density at radius 3 is 1.75 bits per heavy atom. The van der Waals surface area contributed by atoms with Gasteiger partial charge in [-0.1, -0.05) is 146 Å². The van der Waals surface area contributed by atoms with Gasteiger partial charge in [-0.2, -0.15) is 0 Å². The lowest BCUT2D eigenvalue weighted by Crippen LogP contribution is -2.01. The number of nitrogens with zero attached hydrogens (tertiary/aromatic N) is 3. The number of hydrogen-bond donors (Lipinski definition) is 0. The SMILES string of the molecule is c1ccc(-c2nc(-c3cccc4c(-c5cccc6c5oc5ccc7ccccc7c56)cccc34)nc(-c3cccc4oc5ccccc5c34)n2)cc1. The van der Waals surface area contributed by atoms with Crippen molar-refractivity contribution < 1.29 is 8.83 Å². The molecular formula is C47H27N3O2. The van der Waals surface area contributed by atoms with Gasteiger partial charge in [0.2, 0.25) is 0 Å². The molecule has 0 aliphatic carbocycles. The molecule has 3 aromatic heterocycles. The van der Waals surface area contributed by atoms with E-state index in [0.29, 0.717) is 17.5 Å². The number of furan rings is 2. The highest BCUT2D eigenvalue weighted by Crippen LogP contribution is 2.42. The van der Waals surface area contributed by atoms with Gasteiger partial charge in [-0.15, -0.1) is 0 Å². The maximum absolute atomic E-state index is 6.66. The molecule has 5 nitrogen and oxygen atoms in total. The second kappa shape index (κ2) is 11.2. The molecule has 0 fully saturated rings. The largest absolute Gasteiger partial charge is 0.456 e. The van der Waals surface area contributed by atoms with Crippen molar-refractivity contribution in [3.8, 4) is 45.3 Å². The number of benzene rings is 8. The highest BCUT2D eigenvalue weighted by atomic mass is 16.3. The van der Waals surface area contributed by atoms with Crippen LogP contribution in [-0.2, 0) is 0 Å². The molecule has 8 aromatic carbocycles. The Labute approximate surface area is 297 Å². The van der Waals surface area contributed by atoms with E-state index in [1.54, 1.807) is 0 Å². The van der Waals surface area contributed by atoms with Gasteiger partial charge in [-0.05, 0) is 45.3 Å². The summed E-state index contributed by atoms with van der Waals surface area (Å²) in [7, 11) is 0. The van der Waals surface area contributed by atoms with Gasteiger partial charge >= 0.3 is 0 Å². The number of fused-ring (bicyclic) bond motifs is 9. The van der Waals surface area contributed by atoms with Gasteiger partial charge in [0.15, 0.2) is 17.5 Å². The van der Waals surface area contributed by atoms with Crippen molar-refractivity contribution in [3.05, 3.63) is 164 Å². The van der Waals surface area contributed by atoms with E-state index in [-0.39, 0.29) is 0 Å². The summed E-state index contributed by atoms with van der Waals surface area (Å²) in [6, 6.07) is 56.2. The van der Waals surface area contributed by atoms with E-state index in [4.69, 9.17) is 23.8 Å². The summed E-state index contributed by atoms with van der Waals surface area (Å²) >= 11 is 0. The Hall–Kier alpha value is -7.11. The van der Waals surface area contributed by atoms with E-state index >= 15 is 0 Å². The minimum absolute atomic E-state index is 0.591. The van der Waals surface area contributed by atoms with Crippen molar-refractivity contribution in [3.63, 3.8) is 0 Å². The molecule has 242 valence electrons. The van der Waals surface area contributed by atoms with Gasteiger partial charge in [0.05, 0.1) is 0 Å². The monoisotopic (exact) mass is 665 g/mol. The van der Waals surface area contributed by atoms with Crippen LogP contribution in [-0.4, -0.2) is 15.0 Å². The number of rotatable bonds is 4. The van der Waals surface area contributed by atoms with Gasteiger partial charge in [0, 0.05) is 43.8 Å². The molecule has 0 bridgehead atoms. The Morgan fingerprint density at radius 1 is 0.308 bits per heavy atom. The summed E-state index contributed by atoms with van der Waals surface area (Å²) in [6.45, 7) is 0. The van der Waals surface area contributed by atoms with E-state index in [1.165, 1.54) is 10.8 Å². The summed E-state index contributed by atoms with van der Waals surface area (Å²) < 4.78 is 12.9. The van der Waals surface area contributed by atoms with Crippen LogP contribution < -0.4 is 0 Å². The fraction of sp³-hybridized carbons (Fsp3) is 0. The van der Waals surface area contributed by atoms with Crippen molar-refractivity contribution in [2.45, 2.75) is 0 Å². The molecule has 0 saturated heterocycles. The number of hydrogen-bond acceptors (Lipinski definition) is 5. The van der Waals surface area contributed by atoms with E-state index in [0.717, 1.165) is 82.5 Å². The highest BCUT2D eigenvalue weighted by Gasteiger charge is 2.20. The van der Waals surface area contributed by atoms with Crippen molar-refractivity contribution in [2.24, 2.45) is 0 Å². The highest BCUT2D eigenvalue weighted by molar-refractivity contribution is 6.21. The standard InChI is InChI=1S/C47H27N3O2/c1-2-13-29(14-3-1)45-48-46(50-47(49-45)38-23-11-25-40-43(38)36-16-6-7-24-39(36)51-40)35-21-9-17-31-32(18-8-19-33(31)35)34-20-10-22-37-42-30-15-5-4-12-28(30)26-27-41(42)52-44(34)37/h1-27H. The second-order valence-corrected chi connectivity index (χ2v) is 13.1. The lowest BCUT2D eigenvalue weighted by Gasteiger charge is -2.13. The third-order valence-electron chi connectivity index (χ3n) is 10.2. The van der Waals surface area contributed by atoms with Crippen LogP contribution in [0.15, 0.2) is 173 Å². The zero-order chi connectivity index (χ0) is 34.2. The van der Waals surface area contributed by atoms with E-state index in [1.807, 2.05) is 60.7 Å². The van der Waals surface area contributed by atoms with Gasteiger partial charge in [0.25, 0.3) is 0 Å². The molecule has 0 saturated carbocycles. The average Bonchev–Trinajstić information content (AvgIpc) is 3.80. The molecular weight excluding hydrogens is 639 g/mol. The first-order chi connectivity index (χ1) is 25.8. The van der Waals surface area contributed by atoms with Crippen LogP contribution in [0.5, 0.6) is 0 Å². The fourth-order valence-electron chi connectivity index (χ4n) is 7.81. The topological polar surface area (TPSA) is 65.0 Å². The molecule has 0 unspecified atom stereocenters. The van der Waals surface area contributed by atoms with Crippen LogP contribution in [0.4, 0.5) is 0 Å². The first-order valence-corrected chi connectivity index (χ1v) is 17.4.